The predicted molar refractivity (Wildman–Crippen MR) is 133 cm³/mol. The average molecular weight is 469 g/mol. The van der Waals surface area contributed by atoms with Gasteiger partial charge in [0.2, 0.25) is 0 Å². The van der Waals surface area contributed by atoms with Gasteiger partial charge in [-0.15, -0.1) is 0 Å². The standard InChI is InChI=1S/C27H33O5P/c28-19-10-17-25(29)27(30)26(18-20-32-21-22-11-4-1-5-12-22)33(31,23-13-6-2-7-14-23)24-15-8-3-9-16-24/h1-9,11-16,25-30H,10,17-21H2/t25?,26-,27+/m1/s1. The molecule has 0 aliphatic carbocycles. The van der Waals surface area contributed by atoms with Crippen LogP contribution < -0.4 is 10.6 Å². The third-order valence-electron chi connectivity index (χ3n) is 5.86. The van der Waals surface area contributed by atoms with Gasteiger partial charge in [-0.2, -0.15) is 0 Å². The molecule has 0 amide bonds. The van der Waals surface area contributed by atoms with Crippen molar-refractivity contribution in [2.24, 2.45) is 0 Å². The van der Waals surface area contributed by atoms with Crippen LogP contribution in [0.5, 0.6) is 0 Å². The Hall–Kier alpha value is -2.27. The number of ether oxygens (including phenoxy) is 1. The lowest BCUT2D eigenvalue weighted by atomic mass is 10.0. The largest absolute Gasteiger partial charge is 0.396 e. The Bertz CT molecular complexity index is 938. The third-order valence-corrected chi connectivity index (χ3v) is 9.49. The second-order valence-electron chi connectivity index (χ2n) is 8.15. The summed E-state index contributed by atoms with van der Waals surface area (Å²) in [5.41, 5.74) is 0.290. The molecule has 3 atom stereocenters. The van der Waals surface area contributed by atoms with E-state index < -0.39 is 25.0 Å². The van der Waals surface area contributed by atoms with Crippen LogP contribution in [0.4, 0.5) is 0 Å². The molecule has 0 fully saturated rings. The molecule has 6 heteroatoms. The summed E-state index contributed by atoms with van der Waals surface area (Å²) >= 11 is 0. The molecule has 0 aliphatic rings. The van der Waals surface area contributed by atoms with Gasteiger partial charge in [-0.1, -0.05) is 91.0 Å². The first-order chi connectivity index (χ1) is 16.1. The molecule has 3 aromatic rings. The topological polar surface area (TPSA) is 87.0 Å². The average Bonchev–Trinajstić information content (AvgIpc) is 2.88. The van der Waals surface area contributed by atoms with Crippen LogP contribution in [0.15, 0.2) is 91.0 Å². The van der Waals surface area contributed by atoms with Crippen LogP contribution >= 0.6 is 7.14 Å². The van der Waals surface area contributed by atoms with E-state index in [1.807, 2.05) is 91.0 Å². The maximum atomic E-state index is 14.8. The van der Waals surface area contributed by atoms with Gasteiger partial charge >= 0.3 is 0 Å². The monoisotopic (exact) mass is 468 g/mol. The van der Waals surface area contributed by atoms with Gasteiger partial charge in [-0.05, 0) is 24.8 Å². The molecule has 176 valence electrons. The second kappa shape index (κ2) is 12.8. The van der Waals surface area contributed by atoms with Gasteiger partial charge in [0.1, 0.15) is 7.14 Å². The first-order valence-electron chi connectivity index (χ1n) is 11.4. The zero-order valence-electron chi connectivity index (χ0n) is 18.7. The smallest absolute Gasteiger partial charge is 0.148 e. The summed E-state index contributed by atoms with van der Waals surface area (Å²) in [4.78, 5) is 0. The fourth-order valence-electron chi connectivity index (χ4n) is 4.09. The molecule has 5 nitrogen and oxygen atoms in total. The van der Waals surface area contributed by atoms with Crippen LogP contribution in [0, 0.1) is 0 Å². The van der Waals surface area contributed by atoms with Crippen LogP contribution in [0.25, 0.3) is 0 Å². The lowest BCUT2D eigenvalue weighted by Gasteiger charge is -2.34. The minimum absolute atomic E-state index is 0.0797. The zero-order valence-corrected chi connectivity index (χ0v) is 19.6. The van der Waals surface area contributed by atoms with E-state index in [9.17, 15) is 14.8 Å². The van der Waals surface area contributed by atoms with Gasteiger partial charge in [0.25, 0.3) is 0 Å². The van der Waals surface area contributed by atoms with Crippen LogP contribution in [0.1, 0.15) is 24.8 Å². The summed E-state index contributed by atoms with van der Waals surface area (Å²) in [6.45, 7) is 0.619. The normalized spacial score (nSPS) is 14.5. The van der Waals surface area contributed by atoms with E-state index in [2.05, 4.69) is 0 Å². The highest BCUT2D eigenvalue weighted by atomic mass is 31.2. The van der Waals surface area contributed by atoms with Gasteiger partial charge in [0.15, 0.2) is 0 Å². The number of hydrogen-bond acceptors (Lipinski definition) is 5. The molecule has 3 aromatic carbocycles. The quantitative estimate of drug-likeness (QED) is 0.264. The lowest BCUT2D eigenvalue weighted by Crippen LogP contribution is -2.42. The van der Waals surface area contributed by atoms with Crippen LogP contribution in [-0.4, -0.2) is 46.4 Å². The van der Waals surface area contributed by atoms with E-state index in [-0.39, 0.29) is 19.6 Å². The summed E-state index contributed by atoms with van der Waals surface area (Å²) in [5, 5.41) is 32.3. The Balaban J connectivity index is 1.91. The van der Waals surface area contributed by atoms with E-state index in [0.717, 1.165) is 5.56 Å². The molecule has 0 bridgehead atoms. The zero-order chi connectivity index (χ0) is 23.5. The minimum Gasteiger partial charge on any atom is -0.396 e. The highest BCUT2D eigenvalue weighted by molar-refractivity contribution is 7.79. The predicted octanol–water partition coefficient (Wildman–Crippen LogP) is 3.47. The van der Waals surface area contributed by atoms with E-state index in [1.54, 1.807) is 0 Å². The SMILES string of the molecule is O=P(c1ccccc1)(c1ccccc1)[C@H](CCOCc1ccccc1)[C@@H](O)C(O)CCCO. The summed E-state index contributed by atoms with van der Waals surface area (Å²) in [6.07, 6.45) is -1.44. The number of aliphatic hydroxyl groups is 3. The molecule has 0 radical (unpaired) electrons. The van der Waals surface area contributed by atoms with Crippen molar-refractivity contribution in [3.05, 3.63) is 96.6 Å². The number of rotatable bonds is 13. The Morgan fingerprint density at radius 2 is 1.27 bits per heavy atom. The molecule has 0 spiro atoms. The minimum atomic E-state index is -3.34. The fraction of sp³-hybridized carbons (Fsp3) is 0.333. The van der Waals surface area contributed by atoms with E-state index in [1.165, 1.54) is 0 Å². The van der Waals surface area contributed by atoms with Gasteiger partial charge < -0.3 is 24.6 Å². The van der Waals surface area contributed by atoms with Crippen molar-refractivity contribution in [2.75, 3.05) is 13.2 Å². The molecule has 33 heavy (non-hydrogen) atoms. The van der Waals surface area contributed by atoms with Gasteiger partial charge in [-0.25, -0.2) is 0 Å². The van der Waals surface area contributed by atoms with Crippen molar-refractivity contribution in [1.82, 2.24) is 0 Å². The Morgan fingerprint density at radius 3 is 1.79 bits per heavy atom. The molecular formula is C27H33O5P. The summed E-state index contributed by atoms with van der Waals surface area (Å²) in [7, 11) is -3.34. The molecule has 3 rings (SSSR count). The molecule has 0 saturated heterocycles. The first kappa shape index (κ1) is 25.4. The van der Waals surface area contributed by atoms with E-state index in [4.69, 9.17) is 9.84 Å². The van der Waals surface area contributed by atoms with Gasteiger partial charge in [-0.3, -0.25) is 0 Å². The van der Waals surface area contributed by atoms with Crippen molar-refractivity contribution in [3.63, 3.8) is 0 Å². The maximum absolute atomic E-state index is 14.8. The van der Waals surface area contributed by atoms with E-state index in [0.29, 0.717) is 30.1 Å². The molecule has 0 saturated carbocycles. The Morgan fingerprint density at radius 1 is 0.758 bits per heavy atom. The number of aliphatic hydroxyl groups excluding tert-OH is 3. The highest BCUT2D eigenvalue weighted by Crippen LogP contribution is 2.52. The fourth-order valence-corrected chi connectivity index (χ4v) is 7.49. The highest BCUT2D eigenvalue weighted by Gasteiger charge is 2.42. The van der Waals surface area contributed by atoms with Gasteiger partial charge in [0.05, 0.1) is 24.5 Å². The summed E-state index contributed by atoms with van der Waals surface area (Å²) in [6, 6.07) is 28.1. The summed E-state index contributed by atoms with van der Waals surface area (Å²) < 4.78 is 20.7. The maximum Gasteiger partial charge on any atom is 0.148 e. The molecule has 3 N–H and O–H groups in total. The van der Waals surface area contributed by atoms with Crippen LogP contribution in [0.3, 0.4) is 0 Å². The van der Waals surface area contributed by atoms with Crippen molar-refractivity contribution in [2.45, 2.75) is 43.7 Å². The van der Waals surface area contributed by atoms with Crippen molar-refractivity contribution >= 4 is 17.8 Å². The van der Waals surface area contributed by atoms with Crippen molar-refractivity contribution < 1.29 is 24.6 Å². The molecule has 0 aromatic heterocycles. The Labute approximate surface area is 196 Å². The van der Waals surface area contributed by atoms with Crippen molar-refractivity contribution in [1.29, 1.82) is 0 Å². The van der Waals surface area contributed by atoms with Crippen molar-refractivity contribution in [3.8, 4) is 0 Å². The van der Waals surface area contributed by atoms with Crippen LogP contribution in [0.2, 0.25) is 0 Å². The second-order valence-corrected chi connectivity index (χ2v) is 11.2. The number of hydrogen-bond donors (Lipinski definition) is 3. The third kappa shape index (κ3) is 6.63. The van der Waals surface area contributed by atoms with E-state index >= 15 is 0 Å². The van der Waals surface area contributed by atoms with Gasteiger partial charge in [0, 0.05) is 23.8 Å². The number of benzene rings is 3. The lowest BCUT2D eigenvalue weighted by molar-refractivity contribution is 0.00230. The molecule has 0 aliphatic heterocycles. The Kier molecular flexibility index (Phi) is 9.86. The first-order valence-corrected chi connectivity index (χ1v) is 13.1. The molecular weight excluding hydrogens is 435 g/mol. The molecule has 0 heterocycles. The summed E-state index contributed by atoms with van der Waals surface area (Å²) in [5.74, 6) is 0. The molecule has 1 unspecified atom stereocenters. The van der Waals surface area contributed by atoms with Crippen LogP contribution in [-0.2, 0) is 15.9 Å².